The first kappa shape index (κ1) is 19.6. The Labute approximate surface area is 168 Å². The lowest BCUT2D eigenvalue weighted by atomic mass is 10.1. The molecule has 0 fully saturated rings. The number of ether oxygens (including phenoxy) is 3. The van der Waals surface area contributed by atoms with Crippen molar-refractivity contribution in [3.63, 3.8) is 0 Å². The van der Waals surface area contributed by atoms with Gasteiger partial charge in [-0.1, -0.05) is 15.9 Å². The van der Waals surface area contributed by atoms with Crippen LogP contribution in [0.3, 0.4) is 0 Å². The van der Waals surface area contributed by atoms with Gasteiger partial charge in [0.05, 0.1) is 22.8 Å². The molecule has 0 spiro atoms. The van der Waals surface area contributed by atoms with E-state index in [1.165, 1.54) is 18.3 Å². The van der Waals surface area contributed by atoms with Gasteiger partial charge in [0.2, 0.25) is 6.79 Å². The van der Waals surface area contributed by atoms with Crippen LogP contribution in [0, 0.1) is 24.0 Å². The first-order chi connectivity index (χ1) is 13.3. The average Bonchev–Trinajstić information content (AvgIpc) is 3.07. The topological polar surface area (TPSA) is 112 Å². The number of carbonyl (C=O) groups excluding carboxylic acids is 1. The van der Waals surface area contributed by atoms with E-state index in [2.05, 4.69) is 26.5 Å². The van der Waals surface area contributed by atoms with Gasteiger partial charge in [0.1, 0.15) is 5.75 Å². The second kappa shape index (κ2) is 8.26. The van der Waals surface area contributed by atoms with Crippen LogP contribution in [0.5, 0.6) is 17.2 Å². The lowest BCUT2D eigenvalue weighted by Crippen LogP contribution is -2.25. The predicted molar refractivity (Wildman–Crippen MR) is 104 cm³/mol. The van der Waals surface area contributed by atoms with Crippen LogP contribution in [0.1, 0.15) is 16.7 Å². The first-order valence-corrected chi connectivity index (χ1v) is 8.94. The number of halogens is 1. The molecule has 3 rings (SSSR count). The smallest absolute Gasteiger partial charge is 0.282 e. The molecular formula is C18H16BrN3O6. The average molecular weight is 450 g/mol. The zero-order valence-corrected chi connectivity index (χ0v) is 16.6. The summed E-state index contributed by atoms with van der Waals surface area (Å²) in [7, 11) is 0. The molecule has 0 saturated heterocycles. The monoisotopic (exact) mass is 449 g/mol. The minimum absolute atomic E-state index is 0.00392. The minimum Gasteiger partial charge on any atom is -0.483 e. The van der Waals surface area contributed by atoms with Gasteiger partial charge in [-0.3, -0.25) is 14.9 Å². The Bertz CT molecular complexity index is 953. The molecule has 146 valence electrons. The normalized spacial score (nSPS) is 12.2. The van der Waals surface area contributed by atoms with Crippen LogP contribution in [0.2, 0.25) is 0 Å². The number of aryl methyl sites for hydroxylation is 2. The van der Waals surface area contributed by atoms with E-state index in [9.17, 15) is 14.9 Å². The van der Waals surface area contributed by atoms with Crippen LogP contribution < -0.4 is 19.6 Å². The molecule has 0 atom stereocenters. The van der Waals surface area contributed by atoms with Crippen molar-refractivity contribution in [3.05, 3.63) is 55.5 Å². The molecule has 1 aliphatic heterocycles. The number of nitrogens with one attached hydrogen (secondary N) is 1. The summed E-state index contributed by atoms with van der Waals surface area (Å²) in [6.45, 7) is 3.50. The summed E-state index contributed by atoms with van der Waals surface area (Å²) in [6.07, 6.45) is 1.17. The standard InChI is InChI=1S/C18H16BrN3O6/c1-10-3-13(19)4-11(2)18(10)26-8-17(23)21-20-7-12-5-15-16(28-9-27-15)6-14(12)22(24)25/h3-7H,8-9H2,1-2H3,(H,21,23). The molecule has 9 nitrogen and oxygen atoms in total. The summed E-state index contributed by atoms with van der Waals surface area (Å²) < 4.78 is 16.8. The van der Waals surface area contributed by atoms with Gasteiger partial charge in [0.15, 0.2) is 18.1 Å². The number of fused-ring (bicyclic) bond motifs is 1. The van der Waals surface area contributed by atoms with Crippen molar-refractivity contribution in [1.29, 1.82) is 0 Å². The third kappa shape index (κ3) is 4.39. The number of nitrogens with zero attached hydrogens (tertiary/aromatic N) is 2. The zero-order valence-electron chi connectivity index (χ0n) is 15.0. The molecule has 2 aromatic rings. The molecule has 0 aliphatic carbocycles. The molecule has 1 aliphatic rings. The molecule has 0 saturated carbocycles. The molecule has 2 aromatic carbocycles. The van der Waals surface area contributed by atoms with E-state index in [0.717, 1.165) is 15.6 Å². The van der Waals surface area contributed by atoms with Crippen molar-refractivity contribution in [2.24, 2.45) is 5.10 Å². The van der Waals surface area contributed by atoms with Crippen molar-refractivity contribution in [2.75, 3.05) is 13.4 Å². The van der Waals surface area contributed by atoms with E-state index >= 15 is 0 Å². The predicted octanol–water partition coefficient (Wildman–Crippen LogP) is 3.23. The minimum atomic E-state index is -0.562. The van der Waals surface area contributed by atoms with Crippen LogP contribution in [-0.2, 0) is 4.79 Å². The SMILES string of the molecule is Cc1cc(Br)cc(C)c1OCC(=O)NN=Cc1cc2c(cc1[N+](=O)[O-])OCO2. The number of hydrazone groups is 1. The van der Waals surface area contributed by atoms with E-state index in [1.807, 2.05) is 26.0 Å². The van der Waals surface area contributed by atoms with Crippen molar-refractivity contribution in [2.45, 2.75) is 13.8 Å². The third-order valence-corrected chi connectivity index (χ3v) is 4.34. The Balaban J connectivity index is 1.64. The Kier molecular flexibility index (Phi) is 5.78. The lowest BCUT2D eigenvalue weighted by Gasteiger charge is -2.11. The molecule has 0 unspecified atom stereocenters. The number of hydrogen-bond donors (Lipinski definition) is 1. The van der Waals surface area contributed by atoms with Crippen LogP contribution in [0.4, 0.5) is 5.69 Å². The summed E-state index contributed by atoms with van der Waals surface area (Å²) in [5, 5.41) is 15.0. The molecular weight excluding hydrogens is 434 g/mol. The number of nitro benzene ring substituents is 1. The number of nitro groups is 1. The number of rotatable bonds is 6. The van der Waals surface area contributed by atoms with Crippen molar-refractivity contribution in [3.8, 4) is 17.2 Å². The molecule has 0 aromatic heterocycles. The molecule has 10 heteroatoms. The third-order valence-electron chi connectivity index (χ3n) is 3.88. The molecule has 1 N–H and O–H groups in total. The second-order valence-electron chi connectivity index (χ2n) is 5.97. The molecule has 1 amide bonds. The fourth-order valence-electron chi connectivity index (χ4n) is 2.68. The number of benzene rings is 2. The fourth-order valence-corrected chi connectivity index (χ4v) is 3.36. The van der Waals surface area contributed by atoms with Crippen molar-refractivity contribution in [1.82, 2.24) is 5.43 Å². The first-order valence-electron chi connectivity index (χ1n) is 8.14. The Hall–Kier alpha value is -3.14. The zero-order chi connectivity index (χ0) is 20.3. The highest BCUT2D eigenvalue weighted by Crippen LogP contribution is 2.37. The van der Waals surface area contributed by atoms with E-state index in [-0.39, 0.29) is 24.7 Å². The van der Waals surface area contributed by atoms with E-state index in [1.54, 1.807) is 0 Å². The molecule has 0 bridgehead atoms. The van der Waals surface area contributed by atoms with Crippen LogP contribution in [0.25, 0.3) is 0 Å². The van der Waals surface area contributed by atoms with Gasteiger partial charge in [0, 0.05) is 4.47 Å². The van der Waals surface area contributed by atoms with Gasteiger partial charge < -0.3 is 14.2 Å². The quantitative estimate of drug-likeness (QED) is 0.411. The maximum absolute atomic E-state index is 12.0. The highest BCUT2D eigenvalue weighted by atomic mass is 79.9. The fraction of sp³-hybridized carbons (Fsp3) is 0.222. The van der Waals surface area contributed by atoms with Gasteiger partial charge in [-0.05, 0) is 43.2 Å². The maximum atomic E-state index is 12.0. The van der Waals surface area contributed by atoms with Gasteiger partial charge in [-0.25, -0.2) is 5.43 Å². The Morgan fingerprint density at radius 3 is 2.57 bits per heavy atom. The summed E-state index contributed by atoms with van der Waals surface area (Å²) in [5.74, 6) is 0.791. The molecule has 28 heavy (non-hydrogen) atoms. The van der Waals surface area contributed by atoms with Gasteiger partial charge in [-0.2, -0.15) is 5.10 Å². The van der Waals surface area contributed by atoms with Gasteiger partial charge in [0.25, 0.3) is 11.6 Å². The Morgan fingerprint density at radius 1 is 1.29 bits per heavy atom. The van der Waals surface area contributed by atoms with Crippen LogP contribution in [-0.4, -0.2) is 30.4 Å². The number of hydrogen-bond acceptors (Lipinski definition) is 7. The van der Waals surface area contributed by atoms with Gasteiger partial charge in [-0.15, -0.1) is 0 Å². The largest absolute Gasteiger partial charge is 0.483 e. The number of carbonyl (C=O) groups is 1. The lowest BCUT2D eigenvalue weighted by molar-refractivity contribution is -0.385. The van der Waals surface area contributed by atoms with Crippen LogP contribution in [0.15, 0.2) is 33.8 Å². The van der Waals surface area contributed by atoms with Crippen LogP contribution >= 0.6 is 15.9 Å². The summed E-state index contributed by atoms with van der Waals surface area (Å²) in [6, 6.07) is 6.46. The number of amides is 1. The summed E-state index contributed by atoms with van der Waals surface area (Å²) in [5.41, 5.74) is 4.03. The van der Waals surface area contributed by atoms with E-state index in [0.29, 0.717) is 17.2 Å². The highest BCUT2D eigenvalue weighted by molar-refractivity contribution is 9.10. The van der Waals surface area contributed by atoms with Crippen molar-refractivity contribution >= 4 is 33.7 Å². The van der Waals surface area contributed by atoms with E-state index in [4.69, 9.17) is 14.2 Å². The highest BCUT2D eigenvalue weighted by Gasteiger charge is 2.22. The van der Waals surface area contributed by atoms with E-state index < -0.39 is 10.8 Å². The molecule has 0 radical (unpaired) electrons. The van der Waals surface area contributed by atoms with Crippen molar-refractivity contribution < 1.29 is 23.9 Å². The Morgan fingerprint density at radius 2 is 1.93 bits per heavy atom. The second-order valence-corrected chi connectivity index (χ2v) is 6.89. The molecule has 1 heterocycles. The van der Waals surface area contributed by atoms with Gasteiger partial charge >= 0.3 is 0 Å². The summed E-state index contributed by atoms with van der Waals surface area (Å²) >= 11 is 3.40. The summed E-state index contributed by atoms with van der Waals surface area (Å²) in [4.78, 5) is 22.6. The maximum Gasteiger partial charge on any atom is 0.282 e.